The van der Waals surface area contributed by atoms with Gasteiger partial charge < -0.3 is 0 Å². The monoisotopic (exact) mass is 419 g/mol. The summed E-state index contributed by atoms with van der Waals surface area (Å²) in [5.74, 6) is -1.42. The van der Waals surface area contributed by atoms with Crippen molar-refractivity contribution in [1.29, 1.82) is 0 Å². The number of carbonyl (C=O) groups is 2. The molecule has 4 aliphatic rings. The maximum absolute atomic E-state index is 13.6. The number of rotatable bonds is 1. The fourth-order valence-electron chi connectivity index (χ4n) is 5.58. The molecule has 3 aromatic rings. The molecule has 3 nitrogen and oxygen atoms in total. The highest BCUT2D eigenvalue weighted by atomic mass is 35.5. The average Bonchev–Trinajstić information content (AvgIpc) is 2.99. The predicted molar refractivity (Wildman–Crippen MR) is 113 cm³/mol. The second-order valence-electron chi connectivity index (χ2n) is 7.87. The van der Waals surface area contributed by atoms with E-state index in [2.05, 4.69) is 24.3 Å². The third kappa shape index (κ3) is 2.15. The fraction of sp³-hybridized carbons (Fsp3) is 0.167. The zero-order valence-electron chi connectivity index (χ0n) is 15.2. The van der Waals surface area contributed by atoms with Crippen LogP contribution in [0.4, 0.5) is 5.69 Å². The number of benzene rings is 3. The van der Waals surface area contributed by atoms with Crippen molar-refractivity contribution >= 4 is 40.7 Å². The van der Waals surface area contributed by atoms with Gasteiger partial charge in [-0.05, 0) is 40.5 Å². The Balaban J connectivity index is 1.57. The minimum absolute atomic E-state index is 0.120. The van der Waals surface area contributed by atoms with Crippen LogP contribution in [-0.2, 0) is 9.59 Å². The summed E-state index contributed by atoms with van der Waals surface area (Å²) in [5, 5.41) is 0.773. The van der Waals surface area contributed by atoms with Crippen LogP contribution in [0.15, 0.2) is 66.7 Å². The van der Waals surface area contributed by atoms with E-state index in [0.29, 0.717) is 15.7 Å². The summed E-state index contributed by atoms with van der Waals surface area (Å²) in [4.78, 5) is 28.5. The fourth-order valence-corrected chi connectivity index (χ4v) is 6.07. The van der Waals surface area contributed by atoms with Gasteiger partial charge in [0.25, 0.3) is 0 Å². The van der Waals surface area contributed by atoms with E-state index in [-0.39, 0.29) is 23.7 Å². The standard InChI is InChI=1S/C24H15Cl2NO2/c25-12-9-10-18(17(26)11-12)27-23(28)21-19-13-5-1-2-6-14(13)20(22(21)24(27)29)16-8-4-3-7-15(16)19/h1-11,19-22H/t19?,20?,21-,22-/m1/s1. The highest BCUT2D eigenvalue weighted by Crippen LogP contribution is 2.61. The van der Waals surface area contributed by atoms with Gasteiger partial charge in [-0.1, -0.05) is 71.7 Å². The van der Waals surface area contributed by atoms with E-state index in [1.54, 1.807) is 18.2 Å². The van der Waals surface area contributed by atoms with Crippen LogP contribution in [0.3, 0.4) is 0 Å². The van der Waals surface area contributed by atoms with Crippen molar-refractivity contribution in [3.8, 4) is 0 Å². The molecule has 142 valence electrons. The largest absolute Gasteiger partial charge is 0.274 e. The number of hydrogen-bond donors (Lipinski definition) is 0. The summed E-state index contributed by atoms with van der Waals surface area (Å²) in [6.07, 6.45) is 0. The smallest absolute Gasteiger partial charge is 0.238 e. The van der Waals surface area contributed by atoms with Crippen LogP contribution >= 0.6 is 23.2 Å². The van der Waals surface area contributed by atoms with Crippen LogP contribution in [-0.4, -0.2) is 11.8 Å². The number of carbonyl (C=O) groups excluding carboxylic acids is 2. The molecule has 0 unspecified atom stereocenters. The Kier molecular flexibility index (Phi) is 3.54. The molecule has 2 atom stereocenters. The lowest BCUT2D eigenvalue weighted by Crippen LogP contribution is -2.41. The van der Waals surface area contributed by atoms with Gasteiger partial charge in [0.2, 0.25) is 11.8 Å². The lowest BCUT2D eigenvalue weighted by Gasteiger charge is -2.45. The zero-order valence-corrected chi connectivity index (χ0v) is 16.7. The van der Waals surface area contributed by atoms with Gasteiger partial charge in [0.15, 0.2) is 0 Å². The molecule has 2 amide bonds. The van der Waals surface area contributed by atoms with Crippen LogP contribution in [0.25, 0.3) is 0 Å². The first-order valence-corrected chi connectivity index (χ1v) is 10.3. The van der Waals surface area contributed by atoms with Crippen molar-refractivity contribution in [2.24, 2.45) is 11.8 Å². The molecule has 2 bridgehead atoms. The lowest BCUT2D eigenvalue weighted by molar-refractivity contribution is -0.122. The summed E-state index contributed by atoms with van der Waals surface area (Å²) < 4.78 is 0. The van der Waals surface area contributed by atoms with E-state index in [4.69, 9.17) is 23.2 Å². The van der Waals surface area contributed by atoms with Gasteiger partial charge in [-0.3, -0.25) is 9.59 Å². The Hall–Kier alpha value is -2.62. The Morgan fingerprint density at radius 2 is 1.10 bits per heavy atom. The second kappa shape index (κ2) is 5.94. The Bertz CT molecular complexity index is 1110. The molecule has 0 radical (unpaired) electrons. The van der Waals surface area contributed by atoms with Gasteiger partial charge >= 0.3 is 0 Å². The Morgan fingerprint density at radius 3 is 1.52 bits per heavy atom. The van der Waals surface area contributed by atoms with Crippen molar-refractivity contribution in [2.45, 2.75) is 11.8 Å². The van der Waals surface area contributed by atoms with Crippen molar-refractivity contribution in [2.75, 3.05) is 4.90 Å². The zero-order chi connectivity index (χ0) is 19.9. The third-order valence-corrected chi connectivity index (χ3v) is 7.14. The molecule has 1 heterocycles. The minimum atomic E-state index is -0.413. The number of nitrogens with zero attached hydrogens (tertiary/aromatic N) is 1. The summed E-state index contributed by atoms with van der Waals surface area (Å²) in [7, 11) is 0. The van der Waals surface area contributed by atoms with Gasteiger partial charge in [-0.2, -0.15) is 0 Å². The number of halogens is 2. The van der Waals surface area contributed by atoms with Gasteiger partial charge in [0.05, 0.1) is 22.5 Å². The third-order valence-electron chi connectivity index (χ3n) is 6.60. The highest BCUT2D eigenvalue weighted by molar-refractivity contribution is 6.38. The van der Waals surface area contributed by atoms with Crippen molar-refractivity contribution < 1.29 is 9.59 Å². The van der Waals surface area contributed by atoms with E-state index >= 15 is 0 Å². The molecular weight excluding hydrogens is 405 g/mol. The van der Waals surface area contributed by atoms with Crippen molar-refractivity contribution in [3.63, 3.8) is 0 Å². The summed E-state index contributed by atoms with van der Waals surface area (Å²) in [6.45, 7) is 0. The Labute approximate surface area is 177 Å². The Morgan fingerprint density at radius 1 is 0.655 bits per heavy atom. The normalized spacial score (nSPS) is 26.3. The number of amides is 2. The molecule has 0 saturated carbocycles. The molecule has 7 rings (SSSR count). The van der Waals surface area contributed by atoms with E-state index in [1.807, 2.05) is 24.3 Å². The number of hydrogen-bond acceptors (Lipinski definition) is 2. The van der Waals surface area contributed by atoms with E-state index in [9.17, 15) is 9.59 Å². The summed E-state index contributed by atoms with van der Waals surface area (Å²) >= 11 is 12.4. The molecule has 0 aromatic heterocycles. The predicted octanol–water partition coefficient (Wildman–Crippen LogP) is 5.39. The first-order valence-electron chi connectivity index (χ1n) is 9.58. The molecule has 0 N–H and O–H groups in total. The van der Waals surface area contributed by atoms with Gasteiger partial charge in [0.1, 0.15) is 0 Å². The van der Waals surface area contributed by atoms with Gasteiger partial charge in [-0.25, -0.2) is 4.90 Å². The first kappa shape index (κ1) is 17.3. The van der Waals surface area contributed by atoms with Crippen LogP contribution in [0, 0.1) is 11.8 Å². The number of anilines is 1. The van der Waals surface area contributed by atoms with Crippen LogP contribution in [0.5, 0.6) is 0 Å². The molecule has 0 spiro atoms. The summed E-state index contributed by atoms with van der Waals surface area (Å²) in [6, 6.07) is 21.3. The van der Waals surface area contributed by atoms with Gasteiger partial charge in [-0.15, -0.1) is 0 Å². The lowest BCUT2D eigenvalue weighted by atomic mass is 9.55. The molecule has 1 aliphatic heterocycles. The average molecular weight is 420 g/mol. The molecule has 1 fully saturated rings. The number of imide groups is 1. The van der Waals surface area contributed by atoms with E-state index in [1.165, 1.54) is 4.90 Å². The summed E-state index contributed by atoms with van der Waals surface area (Å²) in [5.41, 5.74) is 5.03. The van der Waals surface area contributed by atoms with Crippen LogP contribution < -0.4 is 4.90 Å². The second-order valence-corrected chi connectivity index (χ2v) is 8.72. The highest BCUT2D eigenvalue weighted by Gasteiger charge is 2.61. The topological polar surface area (TPSA) is 37.4 Å². The quantitative estimate of drug-likeness (QED) is 0.495. The molecule has 3 aromatic carbocycles. The molecule has 1 saturated heterocycles. The minimum Gasteiger partial charge on any atom is -0.274 e. The van der Waals surface area contributed by atoms with Gasteiger partial charge in [0, 0.05) is 16.9 Å². The first-order chi connectivity index (χ1) is 14.1. The van der Waals surface area contributed by atoms with Crippen molar-refractivity contribution in [3.05, 3.63) is 99.0 Å². The maximum Gasteiger partial charge on any atom is 0.238 e. The van der Waals surface area contributed by atoms with E-state index < -0.39 is 11.8 Å². The molecule has 5 heteroatoms. The SMILES string of the molecule is O=C1[C@@H]2C3c4ccccc4C(c4ccccc43)[C@H]2C(=O)N1c1ccc(Cl)cc1Cl. The van der Waals surface area contributed by atoms with E-state index in [0.717, 1.165) is 22.3 Å². The van der Waals surface area contributed by atoms with Crippen LogP contribution in [0.2, 0.25) is 10.0 Å². The maximum atomic E-state index is 13.6. The molecular formula is C24H15Cl2NO2. The molecule has 29 heavy (non-hydrogen) atoms. The van der Waals surface area contributed by atoms with Crippen LogP contribution in [0.1, 0.15) is 34.1 Å². The van der Waals surface area contributed by atoms with Crippen molar-refractivity contribution in [1.82, 2.24) is 0 Å². The molecule has 3 aliphatic carbocycles.